The zero-order chi connectivity index (χ0) is 18.2. The maximum Gasteiger partial charge on any atom is 0.339 e. The van der Waals surface area contributed by atoms with Gasteiger partial charge in [0.15, 0.2) is 6.61 Å². The van der Waals surface area contributed by atoms with E-state index in [1.165, 1.54) is 42.7 Å². The first kappa shape index (κ1) is 18.7. The van der Waals surface area contributed by atoms with Crippen molar-refractivity contribution < 1.29 is 23.4 Å². The summed E-state index contributed by atoms with van der Waals surface area (Å²) in [4.78, 5) is 27.5. The number of ether oxygens (including phenoxy) is 1. The van der Waals surface area contributed by atoms with Crippen molar-refractivity contribution in [3.05, 3.63) is 59.6 Å². The van der Waals surface area contributed by atoms with Gasteiger partial charge in [-0.1, -0.05) is 0 Å². The zero-order valence-electron chi connectivity index (χ0n) is 13.3. The van der Waals surface area contributed by atoms with E-state index in [2.05, 4.69) is 10.3 Å². The monoisotopic (exact) mass is 365 g/mol. The molecule has 25 heavy (non-hydrogen) atoms. The van der Waals surface area contributed by atoms with Crippen LogP contribution >= 0.6 is 11.8 Å². The Morgan fingerprint density at radius 3 is 2.80 bits per heavy atom. The molecule has 1 N–H and O–H groups in total. The fourth-order valence-corrected chi connectivity index (χ4v) is 2.42. The molecule has 1 unspecified atom stereocenters. The summed E-state index contributed by atoms with van der Waals surface area (Å²) in [6.07, 6.45) is 2.68. The van der Waals surface area contributed by atoms with Gasteiger partial charge in [-0.2, -0.15) is 0 Å². The molecule has 2 rings (SSSR count). The Morgan fingerprint density at radius 2 is 2.12 bits per heavy atom. The minimum absolute atomic E-state index is 0.0266. The Balaban J connectivity index is 1.74. The highest BCUT2D eigenvalue weighted by Gasteiger charge is 2.19. The third-order valence-corrected chi connectivity index (χ3v) is 4.17. The summed E-state index contributed by atoms with van der Waals surface area (Å²) in [6, 6.07) is 6.84. The second-order valence-electron chi connectivity index (χ2n) is 4.98. The van der Waals surface area contributed by atoms with Crippen molar-refractivity contribution in [2.75, 3.05) is 11.1 Å². The lowest BCUT2D eigenvalue weighted by molar-refractivity contribution is -0.620. The maximum absolute atomic E-state index is 12.8. The molecule has 2 aromatic rings. The molecule has 0 radical (unpaired) electrons. The highest BCUT2D eigenvalue weighted by atomic mass is 32.2. The number of nitrogens with one attached hydrogen (secondary N) is 1. The normalized spacial score (nSPS) is 11.6. The van der Waals surface area contributed by atoms with E-state index < -0.39 is 17.0 Å². The molecule has 1 heterocycles. The van der Waals surface area contributed by atoms with E-state index in [0.717, 1.165) is 11.8 Å². The van der Waals surface area contributed by atoms with E-state index in [1.54, 1.807) is 6.92 Å². The lowest BCUT2D eigenvalue weighted by atomic mass is 10.3. The smallest absolute Gasteiger partial charge is 0.339 e. The van der Waals surface area contributed by atoms with Crippen molar-refractivity contribution >= 4 is 29.3 Å². The molecule has 7 nitrogen and oxygen atoms in total. The van der Waals surface area contributed by atoms with Gasteiger partial charge in [-0.3, -0.25) is 9.59 Å². The molecule has 1 amide bonds. The number of halogens is 1. The van der Waals surface area contributed by atoms with Gasteiger partial charge in [0, 0.05) is 11.8 Å². The first-order valence-electron chi connectivity index (χ1n) is 7.32. The summed E-state index contributed by atoms with van der Waals surface area (Å²) >= 11 is 1.09. The van der Waals surface area contributed by atoms with Gasteiger partial charge in [-0.25, -0.2) is 9.12 Å². The average Bonchev–Trinajstić information content (AvgIpc) is 2.60. The van der Waals surface area contributed by atoms with Crippen molar-refractivity contribution in [2.45, 2.75) is 18.8 Å². The Labute approximate surface area is 147 Å². The molecule has 0 saturated carbocycles. The van der Waals surface area contributed by atoms with E-state index in [1.807, 2.05) is 0 Å². The van der Waals surface area contributed by atoms with Crippen LogP contribution in [0.5, 0.6) is 0 Å². The van der Waals surface area contributed by atoms with Crippen molar-refractivity contribution in [2.24, 2.45) is 0 Å². The highest BCUT2D eigenvalue weighted by Crippen LogP contribution is 2.14. The van der Waals surface area contributed by atoms with Crippen molar-refractivity contribution in [3.8, 4) is 0 Å². The van der Waals surface area contributed by atoms with E-state index in [4.69, 9.17) is 4.74 Å². The van der Waals surface area contributed by atoms with Gasteiger partial charge in [0.1, 0.15) is 17.3 Å². The molecule has 0 saturated heterocycles. The molecule has 0 spiro atoms. The van der Waals surface area contributed by atoms with Gasteiger partial charge >= 0.3 is 11.8 Å². The van der Waals surface area contributed by atoms with Crippen molar-refractivity contribution in [1.29, 1.82) is 0 Å². The molecule has 0 bridgehead atoms. The molecule has 0 aliphatic rings. The molecule has 0 aliphatic heterocycles. The number of carbonyl (C=O) groups excluding carboxylic acids is 2. The third kappa shape index (κ3) is 6.03. The van der Waals surface area contributed by atoms with Gasteiger partial charge in [0.05, 0.1) is 11.9 Å². The van der Waals surface area contributed by atoms with Crippen LogP contribution in [0.2, 0.25) is 0 Å². The SMILES string of the molecule is CC(SCC(=O)Nc1ccc(F)cc1)C(=O)OCc1nccc[n+]1[O-]. The van der Waals surface area contributed by atoms with E-state index >= 15 is 0 Å². The van der Waals surface area contributed by atoms with Crippen LogP contribution in [-0.2, 0) is 20.9 Å². The number of nitrogens with zero attached hydrogens (tertiary/aromatic N) is 2. The molecule has 0 fully saturated rings. The number of amides is 1. The van der Waals surface area contributed by atoms with Crippen LogP contribution in [0.25, 0.3) is 0 Å². The maximum atomic E-state index is 12.8. The van der Waals surface area contributed by atoms with E-state index in [0.29, 0.717) is 10.4 Å². The molecular weight excluding hydrogens is 349 g/mol. The summed E-state index contributed by atoms with van der Waals surface area (Å²) in [5, 5.41) is 13.4. The second kappa shape index (κ2) is 8.97. The van der Waals surface area contributed by atoms with Gasteiger partial charge in [0.2, 0.25) is 5.91 Å². The molecule has 0 aliphatic carbocycles. The van der Waals surface area contributed by atoms with Gasteiger partial charge in [-0.15, -0.1) is 11.8 Å². The lowest BCUT2D eigenvalue weighted by Crippen LogP contribution is -2.33. The third-order valence-electron chi connectivity index (χ3n) is 3.05. The van der Waals surface area contributed by atoms with Gasteiger partial charge in [0.25, 0.3) is 0 Å². The number of anilines is 1. The number of hydrogen-bond acceptors (Lipinski definition) is 6. The number of benzene rings is 1. The van der Waals surface area contributed by atoms with E-state index in [9.17, 15) is 19.2 Å². The predicted octanol–water partition coefficient (Wildman–Crippen LogP) is 1.66. The Morgan fingerprint density at radius 1 is 1.40 bits per heavy atom. The summed E-state index contributed by atoms with van der Waals surface area (Å²) in [6.45, 7) is 1.36. The number of aromatic nitrogens is 2. The van der Waals surface area contributed by atoms with Crippen LogP contribution in [0.15, 0.2) is 42.7 Å². The van der Waals surface area contributed by atoms with Crippen LogP contribution in [0.1, 0.15) is 12.7 Å². The standard InChI is InChI=1S/C16H16FN3O4S/c1-11(16(22)24-9-14-18-7-2-8-20(14)23)25-10-15(21)19-13-5-3-12(17)4-6-13/h2-8,11H,9-10H2,1H3,(H,19,21). The number of esters is 1. The zero-order valence-corrected chi connectivity index (χ0v) is 14.2. The van der Waals surface area contributed by atoms with Crippen LogP contribution in [-0.4, -0.2) is 27.9 Å². The molecule has 9 heteroatoms. The Bertz CT molecular complexity index is 742. The Kier molecular flexibility index (Phi) is 6.70. The lowest BCUT2D eigenvalue weighted by Gasteiger charge is -2.11. The molecule has 1 aromatic heterocycles. The van der Waals surface area contributed by atoms with Gasteiger partial charge < -0.3 is 15.3 Å². The number of carbonyl (C=O) groups is 2. The van der Waals surface area contributed by atoms with Crippen LogP contribution in [0, 0.1) is 11.0 Å². The quantitative estimate of drug-likeness (QED) is 0.455. The van der Waals surface area contributed by atoms with E-state index in [-0.39, 0.29) is 24.1 Å². The Hall–Kier alpha value is -2.68. The number of hydrogen-bond donors (Lipinski definition) is 1. The highest BCUT2D eigenvalue weighted by molar-refractivity contribution is 8.01. The van der Waals surface area contributed by atoms with Crippen LogP contribution < -0.4 is 10.0 Å². The number of thioether (sulfide) groups is 1. The summed E-state index contributed by atoms with van der Waals surface area (Å²) in [5.41, 5.74) is 0.470. The average molecular weight is 365 g/mol. The minimum Gasteiger partial charge on any atom is -0.711 e. The van der Waals surface area contributed by atoms with Gasteiger partial charge in [-0.05, 0) is 36.2 Å². The summed E-state index contributed by atoms with van der Waals surface area (Å²) in [7, 11) is 0. The summed E-state index contributed by atoms with van der Waals surface area (Å²) in [5.74, 6) is -1.17. The topological polar surface area (TPSA) is 95.2 Å². The molecule has 1 atom stereocenters. The predicted molar refractivity (Wildman–Crippen MR) is 89.9 cm³/mol. The first-order chi connectivity index (χ1) is 12.0. The second-order valence-corrected chi connectivity index (χ2v) is 6.31. The minimum atomic E-state index is -0.595. The van der Waals surface area contributed by atoms with Crippen LogP contribution in [0.4, 0.5) is 10.1 Å². The van der Waals surface area contributed by atoms with Crippen molar-refractivity contribution in [1.82, 2.24) is 4.98 Å². The fourth-order valence-electron chi connectivity index (χ4n) is 1.74. The summed E-state index contributed by atoms with van der Waals surface area (Å²) < 4.78 is 18.3. The largest absolute Gasteiger partial charge is 0.711 e. The molecular formula is C16H16FN3O4S. The molecule has 132 valence electrons. The fraction of sp³-hybridized carbons (Fsp3) is 0.250. The first-order valence-corrected chi connectivity index (χ1v) is 8.37. The van der Waals surface area contributed by atoms with Crippen LogP contribution in [0.3, 0.4) is 0 Å². The van der Waals surface area contributed by atoms with Crippen molar-refractivity contribution in [3.63, 3.8) is 0 Å². The number of rotatable bonds is 7. The molecule has 1 aromatic carbocycles.